The van der Waals surface area contributed by atoms with Crippen molar-refractivity contribution in [1.29, 1.82) is 0 Å². The molecular formula is C58H36N4. The van der Waals surface area contributed by atoms with Crippen molar-refractivity contribution in [2.45, 2.75) is 0 Å². The van der Waals surface area contributed by atoms with Gasteiger partial charge in [0.05, 0.1) is 45.3 Å². The lowest BCUT2D eigenvalue weighted by molar-refractivity contribution is 1.17. The van der Waals surface area contributed by atoms with Crippen LogP contribution in [-0.4, -0.2) is 19.1 Å². The zero-order chi connectivity index (χ0) is 40.7. The number of nitrogens with zero attached hydrogens (tertiary/aromatic N) is 4. The van der Waals surface area contributed by atoms with Crippen molar-refractivity contribution in [2.75, 3.05) is 0 Å². The van der Waals surface area contributed by atoms with Crippen LogP contribution in [0.25, 0.3) is 122 Å². The molecule has 0 N–H and O–H groups in total. The van der Waals surface area contributed by atoms with Crippen LogP contribution in [0.4, 0.5) is 0 Å². The number of hydrogen-bond acceptors (Lipinski definition) is 2. The van der Waals surface area contributed by atoms with Crippen LogP contribution in [0, 0.1) is 0 Å². The predicted octanol–water partition coefficient (Wildman–Crippen LogP) is 15.0. The fourth-order valence-electron chi connectivity index (χ4n) is 10.0. The molecule has 4 nitrogen and oxygen atoms in total. The molecule has 0 saturated carbocycles. The van der Waals surface area contributed by atoms with E-state index in [-0.39, 0.29) is 0 Å². The Kier molecular flexibility index (Phi) is 7.57. The number of hydrogen-bond donors (Lipinski definition) is 0. The lowest BCUT2D eigenvalue weighted by atomic mass is 9.84. The number of benzene rings is 9. The number of para-hydroxylation sites is 2. The van der Waals surface area contributed by atoms with Crippen LogP contribution in [0.3, 0.4) is 0 Å². The van der Waals surface area contributed by atoms with Crippen molar-refractivity contribution in [3.8, 4) is 78.5 Å². The van der Waals surface area contributed by atoms with E-state index in [0.29, 0.717) is 0 Å². The molecule has 1 aliphatic rings. The summed E-state index contributed by atoms with van der Waals surface area (Å²) in [5, 5.41) is 4.95. The lowest BCUT2D eigenvalue weighted by Crippen LogP contribution is -2.02. The molecular weight excluding hydrogens is 753 g/mol. The van der Waals surface area contributed by atoms with Gasteiger partial charge in [-0.15, -0.1) is 0 Å². The van der Waals surface area contributed by atoms with E-state index in [1.807, 2.05) is 6.20 Å². The zero-order valence-corrected chi connectivity index (χ0v) is 33.6. The molecule has 0 fully saturated rings. The molecule has 0 unspecified atom stereocenters. The minimum Gasteiger partial charge on any atom is -0.309 e. The summed E-state index contributed by atoms with van der Waals surface area (Å²) in [6.45, 7) is 0. The van der Waals surface area contributed by atoms with Crippen molar-refractivity contribution < 1.29 is 0 Å². The van der Waals surface area contributed by atoms with E-state index in [1.165, 1.54) is 54.8 Å². The fourth-order valence-corrected chi connectivity index (χ4v) is 10.0. The van der Waals surface area contributed by atoms with Crippen LogP contribution in [-0.2, 0) is 0 Å². The molecule has 0 amide bonds. The second-order valence-corrected chi connectivity index (χ2v) is 16.1. The van der Waals surface area contributed by atoms with E-state index in [9.17, 15) is 0 Å². The molecule has 62 heavy (non-hydrogen) atoms. The van der Waals surface area contributed by atoms with E-state index >= 15 is 0 Å². The van der Waals surface area contributed by atoms with Crippen molar-refractivity contribution in [2.24, 2.45) is 0 Å². The molecule has 0 bridgehead atoms. The minimum atomic E-state index is 0.830. The Morgan fingerprint density at radius 3 is 1.39 bits per heavy atom. The molecule has 4 heteroatoms. The number of rotatable bonds is 4. The van der Waals surface area contributed by atoms with Crippen LogP contribution in [0.15, 0.2) is 219 Å². The summed E-state index contributed by atoms with van der Waals surface area (Å²) in [6.07, 6.45) is 1.95. The molecule has 0 aliphatic heterocycles. The summed E-state index contributed by atoms with van der Waals surface area (Å²) >= 11 is 0. The molecule has 288 valence electrons. The van der Waals surface area contributed by atoms with Gasteiger partial charge in [-0.25, -0.2) is 4.98 Å². The van der Waals surface area contributed by atoms with Crippen molar-refractivity contribution in [3.05, 3.63) is 219 Å². The summed E-state index contributed by atoms with van der Waals surface area (Å²) in [5.41, 5.74) is 19.8. The first-order chi connectivity index (χ1) is 30.8. The molecule has 0 atom stereocenters. The Hall–Kier alpha value is -8.34. The average Bonchev–Trinajstić information content (AvgIpc) is 3.87. The van der Waals surface area contributed by atoms with Gasteiger partial charge in [-0.3, -0.25) is 4.98 Å². The van der Waals surface area contributed by atoms with E-state index in [2.05, 4.69) is 221 Å². The maximum Gasteiger partial charge on any atom is 0.0979 e. The molecule has 3 heterocycles. The summed E-state index contributed by atoms with van der Waals surface area (Å²) in [4.78, 5) is 10.7. The van der Waals surface area contributed by atoms with Gasteiger partial charge in [0.25, 0.3) is 0 Å². The second kappa shape index (κ2) is 13.6. The SMILES string of the molecule is c1ccc(-c2ccc(-n3c4ccccc4c4c5c6ccccc6n(-c6cccc(-c7cnc8c(n7)-c7ccccc7-c7ccccc7-c7ccccc7-8)c6)c5ccc43)cc2)cc1. The zero-order valence-electron chi connectivity index (χ0n) is 33.6. The van der Waals surface area contributed by atoms with E-state index in [1.54, 1.807) is 0 Å². The minimum absolute atomic E-state index is 0.830. The first-order valence-electron chi connectivity index (χ1n) is 21.2. The molecule has 3 aromatic heterocycles. The Bertz CT molecular complexity index is 3740. The highest BCUT2D eigenvalue weighted by Gasteiger charge is 2.25. The van der Waals surface area contributed by atoms with Crippen molar-refractivity contribution in [1.82, 2.24) is 19.1 Å². The van der Waals surface area contributed by atoms with Gasteiger partial charge in [0.15, 0.2) is 0 Å². The Morgan fingerprint density at radius 2 is 0.774 bits per heavy atom. The molecule has 1 aliphatic carbocycles. The van der Waals surface area contributed by atoms with Gasteiger partial charge < -0.3 is 9.13 Å². The smallest absolute Gasteiger partial charge is 0.0979 e. The molecule has 12 aromatic rings. The first-order valence-corrected chi connectivity index (χ1v) is 21.2. The van der Waals surface area contributed by atoms with Gasteiger partial charge in [-0.2, -0.15) is 0 Å². The van der Waals surface area contributed by atoms with Gasteiger partial charge in [0.1, 0.15) is 0 Å². The highest BCUT2D eigenvalue weighted by Crippen LogP contribution is 2.47. The Balaban J connectivity index is 0.992. The summed E-state index contributed by atoms with van der Waals surface area (Å²) in [6, 6.07) is 76.4. The van der Waals surface area contributed by atoms with E-state index in [4.69, 9.17) is 9.97 Å². The van der Waals surface area contributed by atoms with Crippen LogP contribution < -0.4 is 0 Å². The third-order valence-corrected chi connectivity index (χ3v) is 12.7. The standard InChI is InChI=1S/C58H36N4/c1-2-15-37(16-3-1)38-29-31-40(32-30-38)61-51-27-12-10-25-48(51)55-53(61)33-34-54-56(55)49-26-11-13-28-52(49)62(54)41-18-14-17-39(35-41)50-36-59-57-46-23-8-6-21-44(46)42-19-4-5-20-43(42)45-22-7-9-24-47(45)58(57)60-50/h1-36H. The van der Waals surface area contributed by atoms with Crippen LogP contribution >= 0.6 is 0 Å². The summed E-state index contributed by atoms with van der Waals surface area (Å²) in [7, 11) is 0. The maximum absolute atomic E-state index is 5.50. The fraction of sp³-hybridized carbons (Fsp3) is 0. The van der Waals surface area contributed by atoms with E-state index < -0.39 is 0 Å². The summed E-state index contributed by atoms with van der Waals surface area (Å²) < 4.78 is 4.83. The van der Waals surface area contributed by atoms with Crippen LogP contribution in [0.1, 0.15) is 0 Å². The number of fused-ring (bicyclic) bond motifs is 15. The Morgan fingerprint density at radius 1 is 0.306 bits per heavy atom. The third kappa shape index (κ3) is 5.14. The van der Waals surface area contributed by atoms with Gasteiger partial charge in [0.2, 0.25) is 0 Å². The average molecular weight is 789 g/mol. The van der Waals surface area contributed by atoms with Crippen molar-refractivity contribution in [3.63, 3.8) is 0 Å². The van der Waals surface area contributed by atoms with Crippen LogP contribution in [0.5, 0.6) is 0 Å². The third-order valence-electron chi connectivity index (χ3n) is 12.7. The monoisotopic (exact) mass is 788 g/mol. The molecule has 0 saturated heterocycles. The Labute approximate surface area is 358 Å². The predicted molar refractivity (Wildman–Crippen MR) is 257 cm³/mol. The van der Waals surface area contributed by atoms with Gasteiger partial charge in [-0.05, 0) is 81.9 Å². The maximum atomic E-state index is 5.50. The topological polar surface area (TPSA) is 35.6 Å². The molecule has 9 aromatic carbocycles. The lowest BCUT2D eigenvalue weighted by Gasteiger charge is -2.22. The van der Waals surface area contributed by atoms with Crippen LogP contribution in [0.2, 0.25) is 0 Å². The van der Waals surface area contributed by atoms with Gasteiger partial charge >= 0.3 is 0 Å². The molecule has 13 rings (SSSR count). The molecule has 0 radical (unpaired) electrons. The summed E-state index contributed by atoms with van der Waals surface area (Å²) in [5.74, 6) is 0. The normalized spacial score (nSPS) is 11.9. The van der Waals surface area contributed by atoms with Gasteiger partial charge in [-0.1, -0.05) is 164 Å². The van der Waals surface area contributed by atoms with Gasteiger partial charge in [0, 0.05) is 49.6 Å². The second-order valence-electron chi connectivity index (χ2n) is 16.1. The largest absolute Gasteiger partial charge is 0.309 e. The first kappa shape index (κ1) is 34.5. The highest BCUT2D eigenvalue weighted by molar-refractivity contribution is 6.29. The van der Waals surface area contributed by atoms with Crippen molar-refractivity contribution >= 4 is 43.6 Å². The molecule has 0 spiro atoms. The highest BCUT2D eigenvalue weighted by atomic mass is 15.0. The quantitative estimate of drug-likeness (QED) is 0.178. The van der Waals surface area contributed by atoms with E-state index in [0.717, 1.165) is 67.3 Å². The number of aromatic nitrogens is 4.